The van der Waals surface area contributed by atoms with E-state index in [0.29, 0.717) is 11.1 Å². The van der Waals surface area contributed by atoms with Gasteiger partial charge in [-0.25, -0.2) is 4.39 Å². The highest BCUT2D eigenvalue weighted by Gasteiger charge is 2.15. The molecule has 0 fully saturated rings. The zero-order valence-corrected chi connectivity index (χ0v) is 10.2. The Bertz CT molecular complexity index is 591. The lowest BCUT2D eigenvalue weighted by Gasteiger charge is -2.07. The van der Waals surface area contributed by atoms with Gasteiger partial charge in [0.2, 0.25) is 0 Å². The van der Waals surface area contributed by atoms with E-state index in [0.717, 1.165) is 0 Å². The van der Waals surface area contributed by atoms with Gasteiger partial charge in [0.15, 0.2) is 0 Å². The average molecular weight is 256 g/mol. The van der Waals surface area contributed by atoms with Gasteiger partial charge in [0.1, 0.15) is 11.7 Å². The van der Waals surface area contributed by atoms with Gasteiger partial charge in [0, 0.05) is 5.56 Å². The third-order valence-corrected chi connectivity index (χ3v) is 2.80. The monoisotopic (exact) mass is 256 g/mol. The van der Waals surface area contributed by atoms with E-state index >= 15 is 0 Å². The lowest BCUT2D eigenvalue weighted by atomic mass is 9.98. The summed E-state index contributed by atoms with van der Waals surface area (Å²) in [6.45, 7) is 0. The second-order valence-corrected chi connectivity index (χ2v) is 4.11. The van der Waals surface area contributed by atoms with E-state index in [1.165, 1.54) is 18.2 Å². The highest BCUT2D eigenvalue weighted by Crippen LogP contribution is 2.19. The largest absolute Gasteiger partial charge is 0.481 e. The molecule has 0 aliphatic carbocycles. The van der Waals surface area contributed by atoms with Crippen molar-refractivity contribution in [3.63, 3.8) is 0 Å². The summed E-state index contributed by atoms with van der Waals surface area (Å²) in [4.78, 5) is 11.3. The number of halogens is 1. The van der Waals surface area contributed by atoms with E-state index in [4.69, 9.17) is 0 Å². The first-order valence-electron chi connectivity index (χ1n) is 5.89. The van der Waals surface area contributed by atoms with Crippen molar-refractivity contribution in [1.82, 2.24) is 0 Å². The quantitative estimate of drug-likeness (QED) is 0.905. The fourth-order valence-electron chi connectivity index (χ4n) is 1.81. The van der Waals surface area contributed by atoms with E-state index in [1.807, 2.05) is 6.07 Å². The topological polar surface area (TPSA) is 37.3 Å². The fraction of sp³-hybridized carbons (Fsp3) is 0.0625. The molecule has 96 valence electrons. The van der Waals surface area contributed by atoms with Crippen LogP contribution in [-0.4, -0.2) is 11.1 Å². The molecule has 1 atom stereocenters. The molecule has 0 aliphatic heterocycles. The molecule has 2 aromatic rings. The minimum Gasteiger partial charge on any atom is -0.481 e. The number of aliphatic carboxylic acids is 1. The van der Waals surface area contributed by atoms with Crippen LogP contribution in [-0.2, 0) is 4.79 Å². The predicted octanol–water partition coefficient (Wildman–Crippen LogP) is 3.71. The molecular formula is C16H13FO2. The third-order valence-electron chi connectivity index (χ3n) is 2.80. The van der Waals surface area contributed by atoms with Crippen molar-refractivity contribution in [3.05, 3.63) is 77.6 Å². The minimum atomic E-state index is -0.959. The highest BCUT2D eigenvalue weighted by molar-refractivity contribution is 5.80. The van der Waals surface area contributed by atoms with Gasteiger partial charge < -0.3 is 5.11 Å². The molecule has 1 unspecified atom stereocenters. The zero-order valence-electron chi connectivity index (χ0n) is 10.2. The first-order valence-corrected chi connectivity index (χ1v) is 5.89. The van der Waals surface area contributed by atoms with Gasteiger partial charge in [-0.2, -0.15) is 0 Å². The summed E-state index contributed by atoms with van der Waals surface area (Å²) in [5.74, 6) is -2.10. The lowest BCUT2D eigenvalue weighted by Crippen LogP contribution is -2.08. The molecule has 0 heterocycles. The molecule has 0 bridgehead atoms. The number of hydrogen-bond donors (Lipinski definition) is 1. The van der Waals surface area contributed by atoms with Gasteiger partial charge in [-0.3, -0.25) is 4.79 Å². The Hall–Kier alpha value is -2.42. The van der Waals surface area contributed by atoms with E-state index in [-0.39, 0.29) is 5.82 Å². The molecule has 2 aromatic carbocycles. The SMILES string of the molecule is O=C(O)C(/C=C/c1ccccc1F)c1ccccc1. The summed E-state index contributed by atoms with van der Waals surface area (Å²) in [5.41, 5.74) is 1.05. The first kappa shape index (κ1) is 13.0. The maximum atomic E-state index is 13.4. The van der Waals surface area contributed by atoms with Crippen LogP contribution < -0.4 is 0 Å². The van der Waals surface area contributed by atoms with E-state index in [2.05, 4.69) is 0 Å². The second-order valence-electron chi connectivity index (χ2n) is 4.11. The number of rotatable bonds is 4. The smallest absolute Gasteiger partial charge is 0.314 e. The predicted molar refractivity (Wildman–Crippen MR) is 72.3 cm³/mol. The van der Waals surface area contributed by atoms with Gasteiger partial charge in [-0.05, 0) is 11.6 Å². The van der Waals surface area contributed by atoms with Crippen LogP contribution in [0.25, 0.3) is 6.08 Å². The number of carboxylic acids is 1. The minimum absolute atomic E-state index is 0.365. The summed E-state index contributed by atoms with van der Waals surface area (Å²) in [6.07, 6.45) is 3.00. The van der Waals surface area contributed by atoms with Crippen LogP contribution in [0, 0.1) is 5.82 Å². The standard InChI is InChI=1S/C16H13FO2/c17-15-9-5-4-8-13(15)10-11-14(16(18)19)12-6-2-1-3-7-12/h1-11,14H,(H,18,19)/b11-10+. The van der Waals surface area contributed by atoms with Crippen molar-refractivity contribution in [2.45, 2.75) is 5.92 Å². The molecule has 0 aliphatic rings. The summed E-state index contributed by atoms with van der Waals surface area (Å²) in [5, 5.41) is 9.23. The van der Waals surface area contributed by atoms with Crippen molar-refractivity contribution in [1.29, 1.82) is 0 Å². The highest BCUT2D eigenvalue weighted by atomic mass is 19.1. The molecule has 0 amide bonds. The van der Waals surface area contributed by atoms with Gasteiger partial charge in [0.25, 0.3) is 0 Å². The molecule has 2 nitrogen and oxygen atoms in total. The second kappa shape index (κ2) is 5.96. The Labute approximate surface area is 110 Å². The Kier molecular flexibility index (Phi) is 4.08. The average Bonchev–Trinajstić information content (AvgIpc) is 2.42. The summed E-state index contributed by atoms with van der Waals surface area (Å²) >= 11 is 0. The molecule has 1 N–H and O–H groups in total. The van der Waals surface area contributed by atoms with Crippen molar-refractivity contribution < 1.29 is 14.3 Å². The van der Waals surface area contributed by atoms with Crippen molar-refractivity contribution in [2.24, 2.45) is 0 Å². The maximum Gasteiger partial charge on any atom is 0.314 e. The van der Waals surface area contributed by atoms with Crippen LogP contribution in [0.15, 0.2) is 60.7 Å². The Morgan fingerprint density at radius 2 is 1.68 bits per heavy atom. The number of benzene rings is 2. The van der Waals surface area contributed by atoms with Gasteiger partial charge in [0.05, 0.1) is 0 Å². The number of carboxylic acid groups (broad SMARTS) is 1. The molecular weight excluding hydrogens is 243 g/mol. The van der Waals surface area contributed by atoms with E-state index in [1.54, 1.807) is 42.5 Å². The van der Waals surface area contributed by atoms with Crippen LogP contribution in [0.4, 0.5) is 4.39 Å². The molecule has 0 spiro atoms. The maximum absolute atomic E-state index is 13.4. The number of hydrogen-bond acceptors (Lipinski definition) is 1. The molecule has 0 radical (unpaired) electrons. The van der Waals surface area contributed by atoms with Crippen LogP contribution in [0.3, 0.4) is 0 Å². The zero-order chi connectivity index (χ0) is 13.7. The molecule has 3 heteroatoms. The third kappa shape index (κ3) is 3.28. The Morgan fingerprint density at radius 1 is 1.05 bits per heavy atom. The summed E-state index contributed by atoms with van der Waals surface area (Å²) < 4.78 is 13.4. The molecule has 19 heavy (non-hydrogen) atoms. The molecule has 2 rings (SSSR count). The number of carbonyl (C=O) groups is 1. The van der Waals surface area contributed by atoms with Gasteiger partial charge in [-0.1, -0.05) is 60.7 Å². The van der Waals surface area contributed by atoms with E-state index in [9.17, 15) is 14.3 Å². The van der Waals surface area contributed by atoms with Crippen LogP contribution >= 0.6 is 0 Å². The van der Waals surface area contributed by atoms with Crippen LogP contribution in [0.2, 0.25) is 0 Å². The normalized spacial score (nSPS) is 12.5. The van der Waals surface area contributed by atoms with Gasteiger partial charge in [-0.15, -0.1) is 0 Å². The molecule has 0 aromatic heterocycles. The lowest BCUT2D eigenvalue weighted by molar-refractivity contribution is -0.137. The Morgan fingerprint density at radius 3 is 2.32 bits per heavy atom. The first-order chi connectivity index (χ1) is 9.18. The van der Waals surface area contributed by atoms with Crippen molar-refractivity contribution in [3.8, 4) is 0 Å². The van der Waals surface area contributed by atoms with Gasteiger partial charge >= 0.3 is 5.97 Å². The van der Waals surface area contributed by atoms with Crippen LogP contribution in [0.5, 0.6) is 0 Å². The molecule has 0 saturated heterocycles. The molecule has 0 saturated carbocycles. The summed E-state index contributed by atoms with van der Waals surface area (Å²) in [6, 6.07) is 15.1. The Balaban J connectivity index is 2.28. The van der Waals surface area contributed by atoms with Crippen LogP contribution in [0.1, 0.15) is 17.0 Å². The van der Waals surface area contributed by atoms with Crippen molar-refractivity contribution >= 4 is 12.0 Å². The van der Waals surface area contributed by atoms with Crippen molar-refractivity contribution in [2.75, 3.05) is 0 Å². The van der Waals surface area contributed by atoms with E-state index < -0.39 is 11.9 Å². The fourth-order valence-corrected chi connectivity index (χ4v) is 1.81. The summed E-state index contributed by atoms with van der Waals surface area (Å²) in [7, 11) is 0.